The smallest absolute Gasteiger partial charge is 0.321 e. The molecular formula is C16H12ClF3N2O. The highest BCUT2D eigenvalue weighted by Crippen LogP contribution is 2.47. The SMILES string of the molecule is CC1=NC(C#CC2CC2)(C(F)(F)F)c2cc(Cl)ccc2NC1=O. The van der Waals surface area contributed by atoms with Gasteiger partial charge in [0.2, 0.25) is 5.54 Å². The predicted molar refractivity (Wildman–Crippen MR) is 81.4 cm³/mol. The first kappa shape index (κ1) is 15.9. The van der Waals surface area contributed by atoms with Crippen molar-refractivity contribution in [3.63, 3.8) is 0 Å². The van der Waals surface area contributed by atoms with Crippen molar-refractivity contribution in [2.24, 2.45) is 10.9 Å². The van der Waals surface area contributed by atoms with Gasteiger partial charge in [0.25, 0.3) is 5.91 Å². The average Bonchev–Trinajstić information content (AvgIpc) is 3.27. The van der Waals surface area contributed by atoms with Gasteiger partial charge in [-0.2, -0.15) is 13.2 Å². The molecule has 3 nitrogen and oxygen atoms in total. The monoisotopic (exact) mass is 340 g/mol. The molecule has 23 heavy (non-hydrogen) atoms. The van der Waals surface area contributed by atoms with Crippen LogP contribution in [0.25, 0.3) is 0 Å². The molecule has 7 heteroatoms. The number of rotatable bonds is 0. The molecule has 1 atom stereocenters. The number of carbonyl (C=O) groups is 1. The van der Waals surface area contributed by atoms with E-state index in [2.05, 4.69) is 22.2 Å². The lowest BCUT2D eigenvalue weighted by molar-refractivity contribution is -0.170. The summed E-state index contributed by atoms with van der Waals surface area (Å²) in [5.41, 5.74) is -3.31. The summed E-state index contributed by atoms with van der Waals surface area (Å²) in [5.74, 6) is 4.21. The molecule has 1 aliphatic carbocycles. The van der Waals surface area contributed by atoms with Gasteiger partial charge in [-0.05, 0) is 38.0 Å². The number of carbonyl (C=O) groups excluding carboxylic acids is 1. The van der Waals surface area contributed by atoms with Crippen LogP contribution in [0.1, 0.15) is 25.3 Å². The lowest BCUT2D eigenvalue weighted by Gasteiger charge is -2.28. The second-order valence-corrected chi connectivity index (χ2v) is 6.03. The van der Waals surface area contributed by atoms with E-state index in [9.17, 15) is 18.0 Å². The number of aliphatic imine (C=N–C) groups is 1. The fourth-order valence-electron chi connectivity index (χ4n) is 2.32. The van der Waals surface area contributed by atoms with Crippen molar-refractivity contribution >= 4 is 28.9 Å². The zero-order valence-electron chi connectivity index (χ0n) is 12.1. The average molecular weight is 341 g/mol. The van der Waals surface area contributed by atoms with Crippen LogP contribution in [-0.2, 0) is 10.3 Å². The van der Waals surface area contributed by atoms with Crippen LogP contribution >= 0.6 is 11.6 Å². The number of hydrogen-bond donors (Lipinski definition) is 1. The van der Waals surface area contributed by atoms with Gasteiger partial charge in [0.1, 0.15) is 0 Å². The first-order valence-corrected chi connectivity index (χ1v) is 7.38. The molecule has 1 aliphatic heterocycles. The maximum absolute atomic E-state index is 14.0. The minimum Gasteiger partial charge on any atom is -0.321 e. The molecule has 0 saturated heterocycles. The summed E-state index contributed by atoms with van der Waals surface area (Å²) in [6.45, 7) is 1.24. The van der Waals surface area contributed by atoms with Gasteiger partial charge in [-0.15, -0.1) is 0 Å². The molecule has 2 aliphatic rings. The number of fused-ring (bicyclic) bond motifs is 1. The Hall–Kier alpha value is -2.00. The first-order valence-electron chi connectivity index (χ1n) is 7.00. The van der Waals surface area contributed by atoms with Crippen molar-refractivity contribution in [1.29, 1.82) is 0 Å². The van der Waals surface area contributed by atoms with Gasteiger partial charge < -0.3 is 5.32 Å². The first-order chi connectivity index (χ1) is 10.7. The molecular weight excluding hydrogens is 329 g/mol. The normalized spacial score (nSPS) is 23.9. The summed E-state index contributed by atoms with van der Waals surface area (Å²) < 4.78 is 41.9. The Labute approximate surface area is 135 Å². The molecule has 1 N–H and O–H groups in total. The summed E-state index contributed by atoms with van der Waals surface area (Å²) in [7, 11) is 0. The van der Waals surface area contributed by atoms with Gasteiger partial charge in [-0.3, -0.25) is 9.79 Å². The van der Waals surface area contributed by atoms with E-state index in [4.69, 9.17) is 11.6 Å². The molecule has 0 spiro atoms. The van der Waals surface area contributed by atoms with E-state index in [1.165, 1.54) is 19.1 Å². The number of nitrogens with zero attached hydrogens (tertiary/aromatic N) is 1. The molecule has 1 aromatic carbocycles. The van der Waals surface area contributed by atoms with Crippen LogP contribution < -0.4 is 5.32 Å². The molecule has 0 radical (unpaired) electrons. The minimum absolute atomic E-state index is 0.0161. The Morgan fingerprint density at radius 1 is 1.39 bits per heavy atom. The van der Waals surface area contributed by atoms with Gasteiger partial charge in [0.05, 0.1) is 5.71 Å². The summed E-state index contributed by atoms with van der Waals surface area (Å²) in [4.78, 5) is 15.6. The number of benzene rings is 1. The minimum atomic E-state index is -4.79. The predicted octanol–water partition coefficient (Wildman–Crippen LogP) is 3.92. The van der Waals surface area contributed by atoms with E-state index in [-0.39, 0.29) is 27.9 Å². The molecule has 1 aromatic rings. The number of nitrogens with one attached hydrogen (secondary N) is 1. The third kappa shape index (κ3) is 2.81. The van der Waals surface area contributed by atoms with Crippen molar-refractivity contribution in [3.05, 3.63) is 28.8 Å². The maximum atomic E-state index is 14.0. The fourth-order valence-corrected chi connectivity index (χ4v) is 2.49. The summed E-state index contributed by atoms with van der Waals surface area (Å²) in [6.07, 6.45) is -3.23. The van der Waals surface area contributed by atoms with Crippen molar-refractivity contribution in [2.75, 3.05) is 5.32 Å². The van der Waals surface area contributed by atoms with E-state index >= 15 is 0 Å². The summed E-state index contributed by atoms with van der Waals surface area (Å²) >= 11 is 5.88. The van der Waals surface area contributed by atoms with Crippen LogP contribution in [-0.4, -0.2) is 17.8 Å². The van der Waals surface area contributed by atoms with Crippen molar-refractivity contribution in [1.82, 2.24) is 0 Å². The zero-order chi connectivity index (χ0) is 16.8. The Kier molecular flexibility index (Phi) is 3.64. The molecule has 120 valence electrons. The van der Waals surface area contributed by atoms with E-state index in [1.54, 1.807) is 0 Å². The second kappa shape index (κ2) is 5.27. The Bertz CT molecular complexity index is 772. The van der Waals surface area contributed by atoms with Crippen molar-refractivity contribution < 1.29 is 18.0 Å². The Morgan fingerprint density at radius 2 is 2.09 bits per heavy atom. The molecule has 1 unspecified atom stereocenters. The second-order valence-electron chi connectivity index (χ2n) is 5.59. The lowest BCUT2D eigenvalue weighted by atomic mass is 9.88. The van der Waals surface area contributed by atoms with Gasteiger partial charge in [0, 0.05) is 22.2 Å². The van der Waals surface area contributed by atoms with Gasteiger partial charge in [0.15, 0.2) is 0 Å². The van der Waals surface area contributed by atoms with Crippen molar-refractivity contribution in [3.8, 4) is 11.8 Å². The van der Waals surface area contributed by atoms with Crippen LogP contribution in [0.2, 0.25) is 5.02 Å². The van der Waals surface area contributed by atoms with E-state index in [1.807, 2.05) is 0 Å². The van der Waals surface area contributed by atoms with E-state index in [0.29, 0.717) is 0 Å². The number of anilines is 1. The summed E-state index contributed by atoms with van der Waals surface area (Å²) in [5, 5.41) is 2.55. The fraction of sp³-hybridized carbons (Fsp3) is 0.375. The highest BCUT2D eigenvalue weighted by atomic mass is 35.5. The highest BCUT2D eigenvalue weighted by Gasteiger charge is 2.58. The molecule has 0 aromatic heterocycles. The van der Waals surface area contributed by atoms with E-state index in [0.717, 1.165) is 18.9 Å². The number of alkyl halides is 3. The van der Waals surface area contributed by atoms with Crippen molar-refractivity contribution in [2.45, 2.75) is 31.5 Å². The molecule has 3 rings (SSSR count). The Morgan fingerprint density at radius 3 is 2.70 bits per heavy atom. The molecule has 1 amide bonds. The third-order valence-electron chi connectivity index (χ3n) is 3.73. The number of hydrogen-bond acceptors (Lipinski definition) is 2. The lowest BCUT2D eigenvalue weighted by Crippen LogP contribution is -2.40. The maximum Gasteiger partial charge on any atom is 0.429 e. The molecule has 1 heterocycles. The van der Waals surface area contributed by atoms with Gasteiger partial charge in [-0.25, -0.2) is 0 Å². The van der Waals surface area contributed by atoms with Crippen LogP contribution in [0.4, 0.5) is 18.9 Å². The van der Waals surface area contributed by atoms with Crippen LogP contribution in [0.3, 0.4) is 0 Å². The molecule has 1 fully saturated rings. The largest absolute Gasteiger partial charge is 0.429 e. The number of amides is 1. The van der Waals surface area contributed by atoms with Crippen LogP contribution in [0.15, 0.2) is 23.2 Å². The van der Waals surface area contributed by atoms with Gasteiger partial charge >= 0.3 is 6.18 Å². The van der Waals surface area contributed by atoms with Gasteiger partial charge in [-0.1, -0.05) is 23.4 Å². The Balaban J connectivity index is 2.32. The third-order valence-corrected chi connectivity index (χ3v) is 3.96. The van der Waals surface area contributed by atoms with Crippen LogP contribution in [0, 0.1) is 17.8 Å². The topological polar surface area (TPSA) is 41.5 Å². The summed E-state index contributed by atoms with van der Waals surface area (Å²) in [6, 6.07) is 3.91. The zero-order valence-corrected chi connectivity index (χ0v) is 12.8. The molecule has 1 saturated carbocycles. The quantitative estimate of drug-likeness (QED) is 0.714. The number of halogens is 4. The van der Waals surface area contributed by atoms with E-state index < -0.39 is 17.6 Å². The van der Waals surface area contributed by atoms with Crippen LogP contribution in [0.5, 0.6) is 0 Å². The molecule has 0 bridgehead atoms. The standard InChI is InChI=1S/C16H12ClF3N2O/c1-9-14(23)21-13-5-4-11(17)8-12(13)15(22-9,16(18,19)20)7-6-10-2-3-10/h4-5,8,10H,2-3H2,1H3,(H,21,23). The highest BCUT2D eigenvalue weighted by molar-refractivity contribution is 6.42.